The molecule has 5 unspecified atom stereocenters. The summed E-state index contributed by atoms with van der Waals surface area (Å²) >= 11 is 0. The van der Waals surface area contributed by atoms with Crippen molar-refractivity contribution >= 4 is 0 Å². The van der Waals surface area contributed by atoms with E-state index in [1.54, 1.807) is 19.3 Å². The van der Waals surface area contributed by atoms with Crippen molar-refractivity contribution in [1.82, 2.24) is 0 Å². The molecule has 1 nitrogen and oxygen atoms in total. The maximum Gasteiger partial charge on any atom is -0.00720 e. The third-order valence-corrected chi connectivity index (χ3v) is 7.46. The molecule has 4 saturated carbocycles. The molecular weight excluding hydrogens is 242 g/mol. The van der Waals surface area contributed by atoms with Gasteiger partial charge in [0.1, 0.15) is 0 Å². The van der Waals surface area contributed by atoms with Crippen molar-refractivity contribution < 1.29 is 0 Å². The van der Waals surface area contributed by atoms with Gasteiger partial charge in [-0.1, -0.05) is 33.6 Å². The molecule has 0 spiro atoms. The summed E-state index contributed by atoms with van der Waals surface area (Å²) in [5, 5.41) is 0. The van der Waals surface area contributed by atoms with E-state index in [0.29, 0.717) is 16.2 Å². The van der Waals surface area contributed by atoms with Crippen molar-refractivity contribution in [1.29, 1.82) is 0 Å². The summed E-state index contributed by atoms with van der Waals surface area (Å²) in [5.41, 5.74) is 8.03. The highest BCUT2D eigenvalue weighted by Gasteiger charge is 2.63. The molecule has 116 valence electrons. The van der Waals surface area contributed by atoms with Crippen LogP contribution in [-0.4, -0.2) is 6.54 Å². The molecule has 0 amide bonds. The zero-order valence-electron chi connectivity index (χ0n) is 14.0. The lowest BCUT2D eigenvalue weighted by molar-refractivity contribution is -0.182. The molecule has 4 aliphatic carbocycles. The van der Waals surface area contributed by atoms with Gasteiger partial charge in [-0.3, -0.25) is 0 Å². The summed E-state index contributed by atoms with van der Waals surface area (Å²) in [6, 6.07) is 0. The van der Waals surface area contributed by atoms with Gasteiger partial charge in [0.15, 0.2) is 0 Å². The maximum atomic E-state index is 6.02. The molecule has 5 atom stereocenters. The van der Waals surface area contributed by atoms with E-state index in [9.17, 15) is 0 Å². The van der Waals surface area contributed by atoms with Crippen molar-refractivity contribution in [3.8, 4) is 0 Å². The second-order valence-corrected chi connectivity index (χ2v) is 8.97. The minimum atomic E-state index is 0.632. The molecular formula is C19H35N. The Morgan fingerprint density at radius 2 is 1.65 bits per heavy atom. The van der Waals surface area contributed by atoms with Gasteiger partial charge in [-0.2, -0.15) is 0 Å². The predicted octanol–water partition coefficient (Wildman–Crippen LogP) is 5.14. The molecule has 0 saturated heterocycles. The van der Waals surface area contributed by atoms with Crippen molar-refractivity contribution in [3.05, 3.63) is 0 Å². The van der Waals surface area contributed by atoms with Crippen LogP contribution in [0.2, 0.25) is 0 Å². The molecule has 0 aliphatic heterocycles. The largest absolute Gasteiger partial charge is 0.330 e. The predicted molar refractivity (Wildman–Crippen MR) is 86.5 cm³/mol. The van der Waals surface area contributed by atoms with Crippen LogP contribution in [0.5, 0.6) is 0 Å². The Morgan fingerprint density at radius 1 is 1.00 bits per heavy atom. The maximum absolute atomic E-state index is 6.02. The Labute approximate surface area is 126 Å². The zero-order chi connectivity index (χ0) is 14.4. The Hall–Kier alpha value is -0.0400. The fraction of sp³-hybridized carbons (Fsp3) is 1.00. The highest BCUT2D eigenvalue weighted by Crippen LogP contribution is 2.73. The molecule has 0 radical (unpaired) electrons. The number of nitrogens with two attached hydrogens (primary N) is 1. The fourth-order valence-electron chi connectivity index (χ4n) is 7.30. The minimum Gasteiger partial charge on any atom is -0.330 e. The number of hydrogen-bond donors (Lipinski definition) is 1. The van der Waals surface area contributed by atoms with E-state index >= 15 is 0 Å². The first-order chi connectivity index (χ1) is 9.51. The normalized spacial score (nSPS) is 47.7. The van der Waals surface area contributed by atoms with Crippen molar-refractivity contribution in [2.45, 2.75) is 85.0 Å². The second-order valence-electron chi connectivity index (χ2n) is 8.97. The van der Waals surface area contributed by atoms with Crippen LogP contribution < -0.4 is 5.73 Å². The lowest BCUT2D eigenvalue weighted by Crippen LogP contribution is -2.59. The summed E-state index contributed by atoms with van der Waals surface area (Å²) in [5.74, 6) is 1.94. The van der Waals surface area contributed by atoms with Gasteiger partial charge in [-0.15, -0.1) is 0 Å². The molecule has 2 N–H and O–H groups in total. The standard InChI is InChI=1S/C19H35N/c1-4-6-17-9-16-10-18(12-17,7-8-20)14-19(11-16,13-17)15(3)5-2/h15-16H,4-14,20H2,1-3H3. The molecule has 0 aromatic heterocycles. The molecule has 0 aromatic carbocycles. The highest BCUT2D eigenvalue weighted by atomic mass is 14.7. The summed E-state index contributed by atoms with van der Waals surface area (Å²) in [4.78, 5) is 0. The minimum absolute atomic E-state index is 0.632. The third-order valence-electron chi connectivity index (χ3n) is 7.46. The smallest absolute Gasteiger partial charge is 0.00720 e. The summed E-state index contributed by atoms with van der Waals surface area (Å²) in [6.07, 6.45) is 14.7. The molecule has 4 aliphatic rings. The van der Waals surface area contributed by atoms with E-state index in [-0.39, 0.29) is 0 Å². The van der Waals surface area contributed by atoms with Crippen LogP contribution in [-0.2, 0) is 0 Å². The van der Waals surface area contributed by atoms with E-state index in [1.165, 1.54) is 44.9 Å². The van der Waals surface area contributed by atoms with Gasteiger partial charge >= 0.3 is 0 Å². The first-order valence-electron chi connectivity index (χ1n) is 9.21. The summed E-state index contributed by atoms with van der Waals surface area (Å²) < 4.78 is 0. The van der Waals surface area contributed by atoms with Crippen molar-refractivity contribution in [2.24, 2.45) is 33.8 Å². The summed E-state index contributed by atoms with van der Waals surface area (Å²) in [7, 11) is 0. The summed E-state index contributed by atoms with van der Waals surface area (Å²) in [6.45, 7) is 8.25. The lowest BCUT2D eigenvalue weighted by Gasteiger charge is -2.69. The van der Waals surface area contributed by atoms with Crippen molar-refractivity contribution in [3.63, 3.8) is 0 Å². The molecule has 0 aromatic rings. The Morgan fingerprint density at radius 3 is 2.20 bits per heavy atom. The van der Waals surface area contributed by atoms with Gasteiger partial charge in [0.25, 0.3) is 0 Å². The fourth-order valence-corrected chi connectivity index (χ4v) is 7.30. The van der Waals surface area contributed by atoms with E-state index in [2.05, 4.69) is 20.8 Å². The van der Waals surface area contributed by atoms with E-state index < -0.39 is 0 Å². The molecule has 0 heterocycles. The van der Waals surface area contributed by atoms with Gasteiger partial charge in [-0.05, 0) is 86.0 Å². The van der Waals surface area contributed by atoms with Crippen LogP contribution in [0.1, 0.15) is 85.0 Å². The van der Waals surface area contributed by atoms with Crippen molar-refractivity contribution in [2.75, 3.05) is 6.54 Å². The van der Waals surface area contributed by atoms with Gasteiger partial charge < -0.3 is 5.73 Å². The molecule has 1 heteroatoms. The Balaban J connectivity index is 1.95. The highest BCUT2D eigenvalue weighted by molar-refractivity contribution is 5.13. The SMILES string of the molecule is CCCC12CC3CC(CCN)(C1)CC(C(C)CC)(C3)C2. The van der Waals surface area contributed by atoms with Crippen LogP contribution in [0.4, 0.5) is 0 Å². The molecule has 4 rings (SSSR count). The van der Waals surface area contributed by atoms with Crippen LogP contribution in [0, 0.1) is 28.1 Å². The number of hydrogen-bond acceptors (Lipinski definition) is 1. The van der Waals surface area contributed by atoms with Crippen LogP contribution >= 0.6 is 0 Å². The van der Waals surface area contributed by atoms with Crippen LogP contribution in [0.3, 0.4) is 0 Å². The monoisotopic (exact) mass is 277 g/mol. The van der Waals surface area contributed by atoms with E-state index in [1.807, 2.05) is 0 Å². The van der Waals surface area contributed by atoms with E-state index in [0.717, 1.165) is 18.4 Å². The average Bonchev–Trinajstić information content (AvgIpc) is 2.35. The quantitative estimate of drug-likeness (QED) is 0.715. The topological polar surface area (TPSA) is 26.0 Å². The van der Waals surface area contributed by atoms with Crippen LogP contribution in [0.25, 0.3) is 0 Å². The Bertz CT molecular complexity index is 339. The first-order valence-corrected chi connectivity index (χ1v) is 9.21. The van der Waals surface area contributed by atoms with Gasteiger partial charge in [0, 0.05) is 0 Å². The number of rotatable bonds is 6. The lowest BCUT2D eigenvalue weighted by atomic mass is 9.36. The van der Waals surface area contributed by atoms with Gasteiger partial charge in [-0.25, -0.2) is 0 Å². The van der Waals surface area contributed by atoms with Gasteiger partial charge in [0.2, 0.25) is 0 Å². The Kier molecular flexibility index (Phi) is 3.72. The molecule has 20 heavy (non-hydrogen) atoms. The first kappa shape index (κ1) is 14.9. The molecule has 4 fully saturated rings. The van der Waals surface area contributed by atoms with E-state index in [4.69, 9.17) is 5.73 Å². The third kappa shape index (κ3) is 2.16. The zero-order valence-corrected chi connectivity index (χ0v) is 14.0. The second kappa shape index (κ2) is 5.00. The molecule has 4 bridgehead atoms. The van der Waals surface area contributed by atoms with Crippen LogP contribution in [0.15, 0.2) is 0 Å². The average molecular weight is 277 g/mol. The van der Waals surface area contributed by atoms with Gasteiger partial charge in [0.05, 0.1) is 0 Å².